The number of fused-ring (bicyclic) bond motifs is 1. The first kappa shape index (κ1) is 19.3. The Balaban J connectivity index is 1.65. The number of hydrogen-bond acceptors (Lipinski definition) is 6. The van der Waals surface area contributed by atoms with Crippen LogP contribution in [-0.4, -0.2) is 30.2 Å². The van der Waals surface area contributed by atoms with E-state index >= 15 is 0 Å². The van der Waals surface area contributed by atoms with Gasteiger partial charge in [-0.25, -0.2) is 0 Å². The second kappa shape index (κ2) is 8.17. The molecule has 1 N–H and O–H groups in total. The van der Waals surface area contributed by atoms with Gasteiger partial charge in [-0.1, -0.05) is 6.92 Å². The Morgan fingerprint density at radius 2 is 1.93 bits per heavy atom. The van der Waals surface area contributed by atoms with Crippen LogP contribution in [0.4, 0.5) is 0 Å². The largest absolute Gasteiger partial charge is 0.507 e. The maximum absolute atomic E-state index is 13.0. The molecule has 0 unspecified atom stereocenters. The maximum Gasteiger partial charge on any atom is 0.235 e. The summed E-state index contributed by atoms with van der Waals surface area (Å²) in [6, 6.07) is 10.1. The molecule has 1 saturated heterocycles. The van der Waals surface area contributed by atoms with Gasteiger partial charge in [0.1, 0.15) is 29.1 Å². The Labute approximate surface area is 169 Å². The average Bonchev–Trinajstić information content (AvgIpc) is 2.73. The summed E-state index contributed by atoms with van der Waals surface area (Å²) in [5.74, 6) is 2.08. The van der Waals surface area contributed by atoms with Crippen LogP contribution in [0.2, 0.25) is 0 Å². The molecule has 0 spiro atoms. The van der Waals surface area contributed by atoms with Crippen molar-refractivity contribution in [1.29, 1.82) is 0 Å². The lowest BCUT2D eigenvalue weighted by molar-refractivity contribution is 0.175. The van der Waals surface area contributed by atoms with Crippen molar-refractivity contribution >= 4 is 11.0 Å². The molecule has 6 nitrogen and oxygen atoms in total. The normalized spacial score (nSPS) is 17.4. The van der Waals surface area contributed by atoms with E-state index in [1.165, 1.54) is 12.7 Å². The SMILES string of the molecule is COc1ccc(Oc2coc3c(CN4CCC[C@@H](C)C4)c(O)ccc3c2=O)cc1. The predicted molar refractivity (Wildman–Crippen MR) is 111 cm³/mol. The van der Waals surface area contributed by atoms with Crippen molar-refractivity contribution in [2.45, 2.75) is 26.3 Å². The Kier molecular flexibility index (Phi) is 5.45. The van der Waals surface area contributed by atoms with Crippen LogP contribution >= 0.6 is 0 Å². The zero-order valence-electron chi connectivity index (χ0n) is 16.7. The molecule has 152 valence electrons. The van der Waals surface area contributed by atoms with E-state index in [4.69, 9.17) is 13.9 Å². The predicted octanol–water partition coefficient (Wildman–Crippen LogP) is 4.53. The van der Waals surface area contributed by atoms with E-state index in [0.717, 1.165) is 19.5 Å². The number of hydrogen-bond donors (Lipinski definition) is 1. The Morgan fingerprint density at radius 3 is 2.66 bits per heavy atom. The molecule has 2 heterocycles. The topological polar surface area (TPSA) is 72.1 Å². The number of nitrogens with zero attached hydrogens (tertiary/aromatic N) is 1. The van der Waals surface area contributed by atoms with Crippen molar-refractivity contribution in [3.05, 3.63) is 58.4 Å². The first-order valence-electron chi connectivity index (χ1n) is 9.85. The number of piperidine rings is 1. The molecule has 1 aliphatic heterocycles. The molecule has 6 heteroatoms. The fourth-order valence-corrected chi connectivity index (χ4v) is 3.88. The number of likely N-dealkylation sites (tertiary alicyclic amines) is 1. The van der Waals surface area contributed by atoms with Gasteiger partial charge in [-0.3, -0.25) is 9.69 Å². The van der Waals surface area contributed by atoms with Crippen molar-refractivity contribution in [2.24, 2.45) is 5.92 Å². The molecular weight excluding hydrogens is 370 g/mol. The molecule has 2 aromatic carbocycles. The molecule has 3 aromatic rings. The molecule has 0 radical (unpaired) electrons. The Hall–Kier alpha value is -2.99. The number of aromatic hydroxyl groups is 1. The smallest absolute Gasteiger partial charge is 0.235 e. The monoisotopic (exact) mass is 395 g/mol. The number of ether oxygens (including phenoxy) is 2. The van der Waals surface area contributed by atoms with Gasteiger partial charge >= 0.3 is 0 Å². The number of rotatable bonds is 5. The van der Waals surface area contributed by atoms with Gasteiger partial charge < -0.3 is 19.0 Å². The molecule has 4 rings (SSSR count). The minimum atomic E-state index is -0.268. The van der Waals surface area contributed by atoms with Gasteiger partial charge in [-0.15, -0.1) is 0 Å². The summed E-state index contributed by atoms with van der Waals surface area (Å²) in [6.45, 7) is 4.73. The fourth-order valence-electron chi connectivity index (χ4n) is 3.88. The van der Waals surface area contributed by atoms with Gasteiger partial charge in [0.15, 0.2) is 0 Å². The summed E-state index contributed by atoms with van der Waals surface area (Å²) in [7, 11) is 1.59. The number of phenolic OH excluding ortho intramolecular Hbond substituents is 1. The second-order valence-corrected chi connectivity index (χ2v) is 7.63. The van der Waals surface area contributed by atoms with Crippen LogP contribution in [0.1, 0.15) is 25.3 Å². The van der Waals surface area contributed by atoms with Crippen LogP contribution in [-0.2, 0) is 6.54 Å². The first-order chi connectivity index (χ1) is 14.0. The van der Waals surface area contributed by atoms with Crippen molar-refractivity contribution in [3.8, 4) is 23.0 Å². The zero-order chi connectivity index (χ0) is 20.4. The Morgan fingerprint density at radius 1 is 1.17 bits per heavy atom. The number of methoxy groups -OCH3 is 1. The van der Waals surface area contributed by atoms with Gasteiger partial charge in [0.25, 0.3) is 0 Å². The third kappa shape index (κ3) is 4.07. The summed E-state index contributed by atoms with van der Waals surface area (Å²) in [5.41, 5.74) is 0.787. The fraction of sp³-hybridized carbons (Fsp3) is 0.348. The van der Waals surface area contributed by atoms with Crippen LogP contribution in [0.25, 0.3) is 11.0 Å². The minimum absolute atomic E-state index is 0.103. The van der Waals surface area contributed by atoms with Crippen LogP contribution < -0.4 is 14.9 Å². The van der Waals surface area contributed by atoms with Gasteiger partial charge in [-0.2, -0.15) is 0 Å². The third-order valence-corrected chi connectivity index (χ3v) is 5.40. The van der Waals surface area contributed by atoms with E-state index in [2.05, 4.69) is 11.8 Å². The molecule has 29 heavy (non-hydrogen) atoms. The molecule has 0 saturated carbocycles. The molecule has 0 bridgehead atoms. The van der Waals surface area contributed by atoms with Crippen molar-refractivity contribution < 1.29 is 19.0 Å². The standard InChI is InChI=1S/C23H25NO5/c1-15-4-3-11-24(12-15)13-19-20(25)10-9-18-22(26)21(14-28-23(18)19)29-17-7-5-16(27-2)6-8-17/h5-10,14-15,25H,3-4,11-13H2,1-2H3/t15-/m1/s1. The highest BCUT2D eigenvalue weighted by Crippen LogP contribution is 2.31. The summed E-state index contributed by atoms with van der Waals surface area (Å²) in [4.78, 5) is 15.3. The molecule has 1 aliphatic rings. The van der Waals surface area contributed by atoms with Crippen LogP contribution in [0.15, 0.2) is 51.9 Å². The van der Waals surface area contributed by atoms with E-state index in [1.54, 1.807) is 43.5 Å². The first-order valence-corrected chi connectivity index (χ1v) is 9.85. The number of phenols is 1. The van der Waals surface area contributed by atoms with E-state index in [9.17, 15) is 9.90 Å². The number of benzene rings is 2. The second-order valence-electron chi connectivity index (χ2n) is 7.63. The maximum atomic E-state index is 13.0. The van der Waals surface area contributed by atoms with E-state index < -0.39 is 0 Å². The molecular formula is C23H25NO5. The van der Waals surface area contributed by atoms with Gasteiger partial charge in [-0.05, 0) is 61.7 Å². The lowest BCUT2D eigenvalue weighted by Crippen LogP contribution is -2.33. The molecule has 1 fully saturated rings. The summed E-state index contributed by atoms with van der Waals surface area (Å²) in [6.07, 6.45) is 3.67. The van der Waals surface area contributed by atoms with Gasteiger partial charge in [0.2, 0.25) is 11.2 Å². The van der Waals surface area contributed by atoms with Gasteiger partial charge in [0, 0.05) is 13.1 Å². The van der Waals surface area contributed by atoms with Crippen LogP contribution in [0.5, 0.6) is 23.0 Å². The summed E-state index contributed by atoms with van der Waals surface area (Å²) < 4.78 is 16.6. The summed E-state index contributed by atoms with van der Waals surface area (Å²) >= 11 is 0. The quantitative estimate of drug-likeness (QED) is 0.684. The molecule has 1 atom stereocenters. The van der Waals surface area contributed by atoms with Gasteiger partial charge in [0.05, 0.1) is 18.1 Å². The average molecular weight is 395 g/mol. The highest BCUT2D eigenvalue weighted by atomic mass is 16.5. The highest BCUT2D eigenvalue weighted by Gasteiger charge is 2.21. The van der Waals surface area contributed by atoms with E-state index in [1.807, 2.05) is 0 Å². The van der Waals surface area contributed by atoms with E-state index in [-0.39, 0.29) is 16.9 Å². The lowest BCUT2D eigenvalue weighted by Gasteiger charge is -2.31. The molecule has 0 aliphatic carbocycles. The highest BCUT2D eigenvalue weighted by molar-refractivity contribution is 5.83. The van der Waals surface area contributed by atoms with Crippen LogP contribution in [0.3, 0.4) is 0 Å². The molecule has 1 aromatic heterocycles. The lowest BCUT2D eigenvalue weighted by atomic mass is 9.99. The zero-order valence-corrected chi connectivity index (χ0v) is 16.7. The van der Waals surface area contributed by atoms with Crippen LogP contribution in [0, 0.1) is 5.92 Å². The van der Waals surface area contributed by atoms with Crippen molar-refractivity contribution in [1.82, 2.24) is 4.90 Å². The third-order valence-electron chi connectivity index (χ3n) is 5.40. The summed E-state index contributed by atoms with van der Waals surface area (Å²) in [5, 5.41) is 10.8. The van der Waals surface area contributed by atoms with Crippen molar-refractivity contribution in [3.63, 3.8) is 0 Å². The Bertz CT molecular complexity index is 1060. The molecule has 0 amide bonds. The minimum Gasteiger partial charge on any atom is -0.507 e. The van der Waals surface area contributed by atoms with E-state index in [0.29, 0.717) is 40.5 Å². The van der Waals surface area contributed by atoms with Crippen molar-refractivity contribution in [2.75, 3.05) is 20.2 Å².